The summed E-state index contributed by atoms with van der Waals surface area (Å²) in [6.07, 6.45) is 4.90. The lowest BCUT2D eigenvalue weighted by Gasteiger charge is -2.27. The summed E-state index contributed by atoms with van der Waals surface area (Å²) < 4.78 is 5.11. The van der Waals surface area contributed by atoms with Crippen molar-refractivity contribution in [3.63, 3.8) is 0 Å². The van der Waals surface area contributed by atoms with Gasteiger partial charge in [0, 0.05) is 17.8 Å². The third-order valence-corrected chi connectivity index (χ3v) is 3.87. The molecular weight excluding hydrogens is 264 g/mol. The van der Waals surface area contributed by atoms with Crippen LogP contribution in [0.4, 0.5) is 5.69 Å². The number of anilines is 1. The number of para-hydroxylation sites is 1. The van der Waals surface area contributed by atoms with Gasteiger partial charge in [0.05, 0.1) is 12.2 Å². The van der Waals surface area contributed by atoms with Crippen molar-refractivity contribution >= 4 is 11.7 Å². The molecular formula is C17H26N2O2. The highest BCUT2D eigenvalue weighted by molar-refractivity contribution is 5.95. The Balaban J connectivity index is 1.96. The van der Waals surface area contributed by atoms with Gasteiger partial charge < -0.3 is 15.4 Å². The summed E-state index contributed by atoms with van der Waals surface area (Å²) in [5.41, 5.74) is 1.47. The predicted molar refractivity (Wildman–Crippen MR) is 85.7 cm³/mol. The van der Waals surface area contributed by atoms with Gasteiger partial charge in [-0.1, -0.05) is 18.6 Å². The molecule has 1 fully saturated rings. The van der Waals surface area contributed by atoms with Gasteiger partial charge in [0.25, 0.3) is 0 Å². The Morgan fingerprint density at radius 1 is 1.43 bits per heavy atom. The quantitative estimate of drug-likeness (QED) is 0.790. The van der Waals surface area contributed by atoms with Crippen LogP contribution in [-0.4, -0.2) is 31.2 Å². The monoisotopic (exact) mass is 290 g/mol. The first-order chi connectivity index (χ1) is 10.2. The second kappa shape index (κ2) is 8.03. The third-order valence-electron chi connectivity index (χ3n) is 3.87. The van der Waals surface area contributed by atoms with Crippen molar-refractivity contribution in [2.45, 2.75) is 51.6 Å². The molecule has 0 bridgehead atoms. The topological polar surface area (TPSA) is 50.4 Å². The number of rotatable bonds is 6. The molecule has 2 unspecified atom stereocenters. The lowest BCUT2D eigenvalue weighted by Crippen LogP contribution is -2.37. The van der Waals surface area contributed by atoms with Crippen molar-refractivity contribution in [3.05, 3.63) is 29.8 Å². The van der Waals surface area contributed by atoms with Crippen molar-refractivity contribution in [2.24, 2.45) is 0 Å². The van der Waals surface area contributed by atoms with E-state index < -0.39 is 0 Å². The molecule has 1 aliphatic rings. The first-order valence-corrected chi connectivity index (χ1v) is 7.96. The van der Waals surface area contributed by atoms with Gasteiger partial charge in [-0.2, -0.15) is 0 Å². The van der Waals surface area contributed by atoms with Crippen molar-refractivity contribution in [1.82, 2.24) is 5.32 Å². The lowest BCUT2D eigenvalue weighted by molar-refractivity contribution is 0.0527. The number of piperidine rings is 1. The van der Waals surface area contributed by atoms with Gasteiger partial charge in [0.2, 0.25) is 0 Å². The van der Waals surface area contributed by atoms with Crippen molar-refractivity contribution in [1.29, 1.82) is 0 Å². The Labute approximate surface area is 127 Å². The van der Waals surface area contributed by atoms with Crippen LogP contribution < -0.4 is 10.6 Å². The van der Waals surface area contributed by atoms with Crippen molar-refractivity contribution < 1.29 is 9.53 Å². The minimum Gasteiger partial charge on any atom is -0.462 e. The highest BCUT2D eigenvalue weighted by Gasteiger charge is 2.18. The summed E-state index contributed by atoms with van der Waals surface area (Å²) in [7, 11) is 0. The average Bonchev–Trinajstić information content (AvgIpc) is 2.49. The number of hydrogen-bond donors (Lipinski definition) is 2. The van der Waals surface area contributed by atoms with Gasteiger partial charge in [-0.05, 0) is 51.8 Å². The van der Waals surface area contributed by atoms with Crippen LogP contribution in [0.2, 0.25) is 0 Å². The van der Waals surface area contributed by atoms with Crippen LogP contribution in [0.15, 0.2) is 24.3 Å². The third kappa shape index (κ3) is 4.74. The van der Waals surface area contributed by atoms with Crippen LogP contribution >= 0.6 is 0 Å². The molecule has 21 heavy (non-hydrogen) atoms. The summed E-state index contributed by atoms with van der Waals surface area (Å²) in [6, 6.07) is 8.46. The zero-order valence-corrected chi connectivity index (χ0v) is 13.0. The number of esters is 1. The fourth-order valence-corrected chi connectivity index (χ4v) is 2.87. The summed E-state index contributed by atoms with van der Waals surface area (Å²) in [6.45, 7) is 5.51. The Hall–Kier alpha value is -1.55. The highest BCUT2D eigenvalue weighted by Crippen LogP contribution is 2.20. The van der Waals surface area contributed by atoms with Gasteiger partial charge in [-0.3, -0.25) is 0 Å². The van der Waals surface area contributed by atoms with Crippen LogP contribution in [0.1, 0.15) is 49.9 Å². The predicted octanol–water partition coefficient (Wildman–Crippen LogP) is 3.20. The van der Waals surface area contributed by atoms with E-state index in [9.17, 15) is 4.79 Å². The van der Waals surface area contributed by atoms with E-state index in [1.54, 1.807) is 0 Å². The molecule has 0 aromatic heterocycles. The molecule has 2 atom stereocenters. The van der Waals surface area contributed by atoms with Gasteiger partial charge >= 0.3 is 5.97 Å². The van der Waals surface area contributed by atoms with E-state index in [1.807, 2.05) is 31.2 Å². The molecule has 1 aromatic rings. The van der Waals surface area contributed by atoms with Crippen LogP contribution in [0.25, 0.3) is 0 Å². The van der Waals surface area contributed by atoms with Crippen molar-refractivity contribution in [3.8, 4) is 0 Å². The van der Waals surface area contributed by atoms with E-state index in [1.165, 1.54) is 19.3 Å². The summed E-state index contributed by atoms with van der Waals surface area (Å²) in [4.78, 5) is 12.0. The van der Waals surface area contributed by atoms with Gasteiger partial charge in [-0.25, -0.2) is 4.79 Å². The molecule has 1 aromatic carbocycles. The van der Waals surface area contributed by atoms with Gasteiger partial charge in [0.1, 0.15) is 0 Å². The molecule has 116 valence electrons. The largest absolute Gasteiger partial charge is 0.462 e. The number of carbonyl (C=O) groups is 1. The van der Waals surface area contributed by atoms with Crippen LogP contribution in [0, 0.1) is 0 Å². The number of benzene rings is 1. The summed E-state index contributed by atoms with van der Waals surface area (Å²) in [5.74, 6) is -0.261. The number of hydrogen-bond acceptors (Lipinski definition) is 4. The number of carbonyl (C=O) groups excluding carboxylic acids is 1. The molecule has 2 N–H and O–H groups in total. The minimum atomic E-state index is -0.261. The number of ether oxygens (including phenoxy) is 1. The smallest absolute Gasteiger partial charge is 0.340 e. The SMILES string of the molecule is CCOC(=O)c1ccccc1NC(C)CC1CCCCN1. The van der Waals surface area contributed by atoms with Crippen LogP contribution in [0.5, 0.6) is 0 Å². The molecule has 2 rings (SSSR count). The van der Waals surface area contributed by atoms with E-state index in [0.29, 0.717) is 24.3 Å². The fraction of sp³-hybridized carbons (Fsp3) is 0.588. The van der Waals surface area contributed by atoms with Crippen molar-refractivity contribution in [2.75, 3.05) is 18.5 Å². The van der Waals surface area contributed by atoms with E-state index in [-0.39, 0.29) is 5.97 Å². The molecule has 1 aliphatic heterocycles. The molecule has 0 aliphatic carbocycles. The molecule has 0 saturated carbocycles. The maximum Gasteiger partial charge on any atom is 0.340 e. The zero-order valence-electron chi connectivity index (χ0n) is 13.0. The Kier molecular flexibility index (Phi) is 6.05. The van der Waals surface area contributed by atoms with Gasteiger partial charge in [-0.15, -0.1) is 0 Å². The molecule has 0 spiro atoms. The van der Waals surface area contributed by atoms with Crippen LogP contribution in [-0.2, 0) is 4.74 Å². The van der Waals surface area contributed by atoms with E-state index in [4.69, 9.17) is 4.74 Å². The summed E-state index contributed by atoms with van der Waals surface area (Å²) in [5, 5.41) is 7.02. The summed E-state index contributed by atoms with van der Waals surface area (Å²) >= 11 is 0. The first-order valence-electron chi connectivity index (χ1n) is 7.96. The fourth-order valence-electron chi connectivity index (χ4n) is 2.87. The zero-order chi connectivity index (χ0) is 15.1. The molecule has 1 heterocycles. The lowest BCUT2D eigenvalue weighted by atomic mass is 9.98. The normalized spacial score (nSPS) is 19.8. The van der Waals surface area contributed by atoms with Crippen LogP contribution in [0.3, 0.4) is 0 Å². The van der Waals surface area contributed by atoms with Gasteiger partial charge in [0.15, 0.2) is 0 Å². The Morgan fingerprint density at radius 3 is 2.95 bits per heavy atom. The maximum atomic E-state index is 12.0. The van der Waals surface area contributed by atoms with E-state index in [2.05, 4.69) is 17.6 Å². The van der Waals surface area contributed by atoms with E-state index in [0.717, 1.165) is 18.7 Å². The molecule has 0 amide bonds. The molecule has 4 heteroatoms. The number of nitrogens with one attached hydrogen (secondary N) is 2. The molecule has 1 saturated heterocycles. The first kappa shape index (κ1) is 15.8. The average molecular weight is 290 g/mol. The maximum absolute atomic E-state index is 12.0. The van der Waals surface area contributed by atoms with E-state index >= 15 is 0 Å². The molecule has 0 radical (unpaired) electrons. The Bertz CT molecular complexity index is 456. The molecule has 4 nitrogen and oxygen atoms in total. The second-order valence-electron chi connectivity index (χ2n) is 5.69. The Morgan fingerprint density at radius 2 is 2.24 bits per heavy atom. The second-order valence-corrected chi connectivity index (χ2v) is 5.69. The standard InChI is InChI=1S/C17H26N2O2/c1-3-21-17(20)15-9-4-5-10-16(15)19-13(2)12-14-8-6-7-11-18-14/h4-5,9-10,13-14,18-19H,3,6-8,11-12H2,1-2H3. The minimum absolute atomic E-state index is 0.261. The highest BCUT2D eigenvalue weighted by atomic mass is 16.5.